The summed E-state index contributed by atoms with van der Waals surface area (Å²) in [7, 11) is 1.65. The average molecular weight is 282 g/mol. The number of benzene rings is 1. The number of aryl methyl sites for hydroxylation is 2. The van der Waals surface area contributed by atoms with Crippen LogP contribution in [0.25, 0.3) is 11.0 Å². The van der Waals surface area contributed by atoms with Gasteiger partial charge in [-0.15, -0.1) is 0 Å². The van der Waals surface area contributed by atoms with Crippen LogP contribution in [-0.4, -0.2) is 12.1 Å². The summed E-state index contributed by atoms with van der Waals surface area (Å²) in [5.74, 6) is 1.63. The number of furan rings is 1. The van der Waals surface area contributed by atoms with Crippen molar-refractivity contribution in [3.8, 4) is 5.75 Å². The summed E-state index contributed by atoms with van der Waals surface area (Å²) in [5, 5.41) is 4.40. The Hall–Kier alpha value is -2.49. The molecule has 0 aliphatic heterocycles. The predicted octanol–water partition coefficient (Wildman–Crippen LogP) is 4.07. The summed E-state index contributed by atoms with van der Waals surface area (Å²) in [6, 6.07) is 11.9. The largest absolute Gasteiger partial charge is 0.493 e. The summed E-state index contributed by atoms with van der Waals surface area (Å²) in [6.07, 6.45) is 0. The number of aromatic nitrogens is 1. The van der Waals surface area contributed by atoms with Crippen molar-refractivity contribution >= 4 is 16.7 Å². The normalized spacial score (nSPS) is 10.8. The van der Waals surface area contributed by atoms with Gasteiger partial charge < -0.3 is 14.5 Å². The first-order valence-corrected chi connectivity index (χ1v) is 6.91. The third kappa shape index (κ3) is 2.70. The maximum absolute atomic E-state index is 5.87. The fourth-order valence-electron chi connectivity index (χ4n) is 2.39. The number of nitrogens with zero attached hydrogens (tertiary/aromatic N) is 1. The second-order valence-electron chi connectivity index (χ2n) is 5.03. The number of hydrogen-bond donors (Lipinski definition) is 1. The first kappa shape index (κ1) is 13.5. The van der Waals surface area contributed by atoms with E-state index in [0.717, 1.165) is 39.6 Å². The second-order valence-corrected chi connectivity index (χ2v) is 5.03. The Labute approximate surface area is 123 Å². The number of ether oxygens (including phenoxy) is 1. The number of pyridine rings is 1. The van der Waals surface area contributed by atoms with E-state index in [4.69, 9.17) is 9.15 Å². The van der Waals surface area contributed by atoms with Gasteiger partial charge in [0.25, 0.3) is 0 Å². The Morgan fingerprint density at radius 1 is 1.19 bits per heavy atom. The predicted molar refractivity (Wildman–Crippen MR) is 83.8 cm³/mol. The lowest BCUT2D eigenvalue weighted by atomic mass is 10.2. The molecular weight excluding hydrogens is 264 g/mol. The lowest BCUT2D eigenvalue weighted by molar-refractivity contribution is 0.408. The van der Waals surface area contributed by atoms with Crippen molar-refractivity contribution in [2.75, 3.05) is 12.4 Å². The second kappa shape index (κ2) is 5.48. The van der Waals surface area contributed by atoms with E-state index in [-0.39, 0.29) is 0 Å². The first-order chi connectivity index (χ1) is 10.2. The van der Waals surface area contributed by atoms with Crippen LogP contribution in [0.4, 0.5) is 5.69 Å². The molecule has 108 valence electrons. The van der Waals surface area contributed by atoms with Gasteiger partial charge in [0.1, 0.15) is 5.76 Å². The summed E-state index contributed by atoms with van der Waals surface area (Å²) in [6.45, 7) is 4.60. The third-order valence-electron chi connectivity index (χ3n) is 3.46. The topological polar surface area (TPSA) is 47.3 Å². The molecule has 0 bridgehead atoms. The van der Waals surface area contributed by atoms with E-state index in [1.165, 1.54) is 0 Å². The number of methoxy groups -OCH3 is 1. The molecule has 21 heavy (non-hydrogen) atoms. The van der Waals surface area contributed by atoms with Gasteiger partial charge >= 0.3 is 0 Å². The molecule has 3 rings (SSSR count). The highest BCUT2D eigenvalue weighted by Crippen LogP contribution is 2.28. The SMILES string of the molecule is COc1cccc2cc(CNc3ccc(C)nc3C)oc12. The van der Waals surface area contributed by atoms with E-state index < -0.39 is 0 Å². The zero-order chi connectivity index (χ0) is 14.8. The minimum absolute atomic E-state index is 0.614. The average Bonchev–Trinajstić information content (AvgIpc) is 2.89. The molecule has 2 heterocycles. The zero-order valence-electron chi connectivity index (χ0n) is 12.4. The van der Waals surface area contributed by atoms with Crippen molar-refractivity contribution in [1.29, 1.82) is 0 Å². The van der Waals surface area contributed by atoms with E-state index in [2.05, 4.69) is 10.3 Å². The van der Waals surface area contributed by atoms with Crippen LogP contribution < -0.4 is 10.1 Å². The van der Waals surface area contributed by atoms with Crippen LogP contribution in [0.15, 0.2) is 40.8 Å². The van der Waals surface area contributed by atoms with E-state index in [1.807, 2.05) is 50.2 Å². The number of rotatable bonds is 4. The lowest BCUT2D eigenvalue weighted by Gasteiger charge is -2.07. The number of anilines is 1. The van der Waals surface area contributed by atoms with Crippen molar-refractivity contribution in [1.82, 2.24) is 4.98 Å². The van der Waals surface area contributed by atoms with Gasteiger partial charge in [-0.3, -0.25) is 4.98 Å². The molecule has 1 aromatic carbocycles. The maximum atomic E-state index is 5.87. The molecule has 0 aliphatic carbocycles. The minimum Gasteiger partial charge on any atom is -0.493 e. The smallest absolute Gasteiger partial charge is 0.176 e. The van der Waals surface area contributed by atoms with E-state index in [1.54, 1.807) is 7.11 Å². The minimum atomic E-state index is 0.614. The molecule has 0 aliphatic rings. The van der Waals surface area contributed by atoms with Crippen LogP contribution >= 0.6 is 0 Å². The van der Waals surface area contributed by atoms with E-state index in [9.17, 15) is 0 Å². The Bertz CT molecular complexity index is 778. The van der Waals surface area contributed by atoms with Crippen molar-refractivity contribution in [2.45, 2.75) is 20.4 Å². The summed E-state index contributed by atoms with van der Waals surface area (Å²) in [4.78, 5) is 4.44. The highest BCUT2D eigenvalue weighted by atomic mass is 16.5. The van der Waals surface area contributed by atoms with E-state index >= 15 is 0 Å². The Morgan fingerprint density at radius 3 is 2.81 bits per heavy atom. The molecule has 0 saturated carbocycles. The standard InChI is InChI=1S/C17H18N2O2/c1-11-7-8-15(12(2)19-11)18-10-14-9-13-5-4-6-16(20-3)17(13)21-14/h4-9,18H,10H2,1-3H3. The molecular formula is C17H18N2O2. The third-order valence-corrected chi connectivity index (χ3v) is 3.46. The number of hydrogen-bond acceptors (Lipinski definition) is 4. The molecule has 0 radical (unpaired) electrons. The fraction of sp³-hybridized carbons (Fsp3) is 0.235. The van der Waals surface area contributed by atoms with Crippen molar-refractivity contribution < 1.29 is 9.15 Å². The Kier molecular flexibility index (Phi) is 3.52. The molecule has 4 nitrogen and oxygen atoms in total. The van der Waals surface area contributed by atoms with Crippen LogP contribution in [0.5, 0.6) is 5.75 Å². The van der Waals surface area contributed by atoms with Crippen molar-refractivity contribution in [2.24, 2.45) is 0 Å². The molecule has 0 amide bonds. The summed E-state index contributed by atoms with van der Waals surface area (Å²) in [5.41, 5.74) is 3.82. The zero-order valence-corrected chi connectivity index (χ0v) is 12.4. The molecule has 0 unspecified atom stereocenters. The van der Waals surface area contributed by atoms with Crippen LogP contribution in [0, 0.1) is 13.8 Å². The van der Waals surface area contributed by atoms with Crippen molar-refractivity contribution in [3.63, 3.8) is 0 Å². The van der Waals surface area contributed by atoms with Crippen LogP contribution in [0.1, 0.15) is 17.1 Å². The number of fused-ring (bicyclic) bond motifs is 1. The molecule has 2 aromatic heterocycles. The number of para-hydroxylation sites is 1. The van der Waals surface area contributed by atoms with Gasteiger partial charge in [-0.05, 0) is 38.1 Å². The van der Waals surface area contributed by atoms with Crippen molar-refractivity contribution in [3.05, 3.63) is 53.5 Å². The highest BCUT2D eigenvalue weighted by molar-refractivity contribution is 5.83. The van der Waals surface area contributed by atoms with Gasteiger partial charge in [-0.1, -0.05) is 12.1 Å². The van der Waals surface area contributed by atoms with Gasteiger partial charge in [-0.2, -0.15) is 0 Å². The molecule has 4 heteroatoms. The van der Waals surface area contributed by atoms with Crippen LogP contribution in [0.2, 0.25) is 0 Å². The van der Waals surface area contributed by atoms with Gasteiger partial charge in [0.2, 0.25) is 0 Å². The van der Waals surface area contributed by atoms with Gasteiger partial charge in [0.05, 0.1) is 25.0 Å². The molecule has 3 aromatic rings. The maximum Gasteiger partial charge on any atom is 0.176 e. The van der Waals surface area contributed by atoms with Crippen LogP contribution in [0.3, 0.4) is 0 Å². The quantitative estimate of drug-likeness (QED) is 0.783. The summed E-state index contributed by atoms with van der Waals surface area (Å²) < 4.78 is 11.2. The molecule has 0 fully saturated rings. The fourth-order valence-corrected chi connectivity index (χ4v) is 2.39. The lowest BCUT2D eigenvalue weighted by Crippen LogP contribution is -2.01. The highest BCUT2D eigenvalue weighted by Gasteiger charge is 2.09. The summed E-state index contributed by atoms with van der Waals surface area (Å²) >= 11 is 0. The molecule has 1 N–H and O–H groups in total. The first-order valence-electron chi connectivity index (χ1n) is 6.91. The van der Waals surface area contributed by atoms with Gasteiger partial charge in [-0.25, -0.2) is 0 Å². The Balaban J connectivity index is 1.82. The molecule has 0 spiro atoms. The molecule has 0 atom stereocenters. The van der Waals surface area contributed by atoms with Crippen LogP contribution in [-0.2, 0) is 6.54 Å². The number of nitrogens with one attached hydrogen (secondary N) is 1. The van der Waals surface area contributed by atoms with Gasteiger partial charge in [0.15, 0.2) is 11.3 Å². The van der Waals surface area contributed by atoms with E-state index in [0.29, 0.717) is 6.54 Å². The monoisotopic (exact) mass is 282 g/mol. The Morgan fingerprint density at radius 2 is 2.05 bits per heavy atom. The molecule has 0 saturated heterocycles. The van der Waals surface area contributed by atoms with Gasteiger partial charge in [0, 0.05) is 11.1 Å².